The summed E-state index contributed by atoms with van der Waals surface area (Å²) < 4.78 is 5.31. The van der Waals surface area contributed by atoms with Crippen molar-refractivity contribution < 1.29 is 9.53 Å². The quantitative estimate of drug-likeness (QED) is 0.898. The fourth-order valence-corrected chi connectivity index (χ4v) is 3.13. The van der Waals surface area contributed by atoms with Crippen LogP contribution in [0, 0.1) is 6.92 Å². The number of hydrogen-bond acceptors (Lipinski definition) is 4. The largest absolute Gasteiger partial charge is 0.496 e. The van der Waals surface area contributed by atoms with Gasteiger partial charge < -0.3 is 15.0 Å². The molecular weight excluding hydrogens is 326 g/mol. The molecule has 0 unspecified atom stereocenters. The number of nitrogens with one attached hydrogen (secondary N) is 1. The van der Waals surface area contributed by atoms with Gasteiger partial charge in [0.25, 0.3) is 5.91 Å². The van der Waals surface area contributed by atoms with Crippen molar-refractivity contribution in [1.82, 2.24) is 9.80 Å². The Labute approximate surface area is 155 Å². The van der Waals surface area contributed by atoms with Gasteiger partial charge in [-0.05, 0) is 43.3 Å². The molecule has 2 aromatic carbocycles. The highest BCUT2D eigenvalue weighted by molar-refractivity contribution is 6.04. The summed E-state index contributed by atoms with van der Waals surface area (Å²) in [6, 6.07) is 13.5. The van der Waals surface area contributed by atoms with E-state index in [4.69, 9.17) is 4.74 Å². The first kappa shape index (κ1) is 18.4. The summed E-state index contributed by atoms with van der Waals surface area (Å²) in [6.45, 7) is 7.32. The van der Waals surface area contributed by atoms with Crippen molar-refractivity contribution in [2.45, 2.75) is 13.5 Å². The Bertz CT molecular complexity index is 750. The molecule has 3 rings (SSSR count). The van der Waals surface area contributed by atoms with Gasteiger partial charge in [0.05, 0.1) is 7.11 Å². The van der Waals surface area contributed by atoms with E-state index in [2.05, 4.69) is 22.2 Å². The van der Waals surface area contributed by atoms with Crippen molar-refractivity contribution in [3.8, 4) is 5.75 Å². The van der Waals surface area contributed by atoms with E-state index in [9.17, 15) is 4.79 Å². The van der Waals surface area contributed by atoms with Gasteiger partial charge in [-0.25, -0.2) is 0 Å². The van der Waals surface area contributed by atoms with Gasteiger partial charge >= 0.3 is 0 Å². The van der Waals surface area contributed by atoms with Crippen LogP contribution in [0.2, 0.25) is 0 Å². The fourth-order valence-electron chi connectivity index (χ4n) is 3.13. The van der Waals surface area contributed by atoms with Gasteiger partial charge in [-0.2, -0.15) is 0 Å². The summed E-state index contributed by atoms with van der Waals surface area (Å²) in [5.41, 5.74) is 3.67. The first-order chi connectivity index (χ1) is 12.5. The zero-order chi connectivity index (χ0) is 18.5. The lowest BCUT2D eigenvalue weighted by Crippen LogP contribution is -2.43. The van der Waals surface area contributed by atoms with Gasteiger partial charge in [0.2, 0.25) is 0 Å². The molecule has 0 radical (unpaired) electrons. The molecule has 0 aliphatic carbocycles. The molecule has 1 amide bonds. The van der Waals surface area contributed by atoms with Crippen molar-refractivity contribution >= 4 is 11.6 Å². The Balaban J connectivity index is 1.60. The fraction of sp³-hybridized carbons (Fsp3) is 0.381. The number of benzene rings is 2. The summed E-state index contributed by atoms with van der Waals surface area (Å²) in [5, 5.41) is 2.93. The average molecular weight is 353 g/mol. The van der Waals surface area contributed by atoms with E-state index in [1.165, 1.54) is 5.56 Å². The number of ether oxygens (including phenoxy) is 1. The second-order valence-corrected chi connectivity index (χ2v) is 6.91. The molecule has 2 aromatic rings. The van der Waals surface area contributed by atoms with Crippen LogP contribution in [0.5, 0.6) is 5.75 Å². The Hall–Kier alpha value is -2.37. The number of carbonyl (C=O) groups is 1. The molecule has 0 atom stereocenters. The Morgan fingerprint density at radius 3 is 2.42 bits per heavy atom. The summed E-state index contributed by atoms with van der Waals surface area (Å²) in [5.74, 6) is 0.660. The molecule has 138 valence electrons. The number of carbonyl (C=O) groups excluding carboxylic acids is 1. The summed E-state index contributed by atoms with van der Waals surface area (Å²) >= 11 is 0. The van der Waals surface area contributed by atoms with E-state index in [0.29, 0.717) is 5.56 Å². The van der Waals surface area contributed by atoms with Crippen molar-refractivity contribution in [3.05, 3.63) is 59.2 Å². The van der Waals surface area contributed by atoms with Crippen LogP contribution in [0.1, 0.15) is 21.5 Å². The maximum atomic E-state index is 12.5. The number of likely N-dealkylation sites (N-methyl/N-ethyl adjacent to an activating group) is 1. The summed E-state index contributed by atoms with van der Waals surface area (Å²) in [4.78, 5) is 17.3. The lowest BCUT2D eigenvalue weighted by molar-refractivity contribution is 0.102. The maximum absolute atomic E-state index is 12.5. The Morgan fingerprint density at radius 2 is 1.77 bits per heavy atom. The van der Waals surface area contributed by atoms with Crippen molar-refractivity contribution in [1.29, 1.82) is 0 Å². The van der Waals surface area contributed by atoms with Crippen LogP contribution in [0.15, 0.2) is 42.5 Å². The molecule has 1 fully saturated rings. The highest BCUT2D eigenvalue weighted by Crippen LogP contribution is 2.22. The minimum Gasteiger partial charge on any atom is -0.496 e. The van der Waals surface area contributed by atoms with Gasteiger partial charge in [-0.1, -0.05) is 18.2 Å². The summed E-state index contributed by atoms with van der Waals surface area (Å²) in [6.07, 6.45) is 0. The first-order valence-electron chi connectivity index (χ1n) is 9.01. The molecule has 0 aromatic heterocycles. The van der Waals surface area contributed by atoms with Crippen molar-refractivity contribution in [2.24, 2.45) is 0 Å². The Kier molecular flexibility index (Phi) is 5.91. The summed E-state index contributed by atoms with van der Waals surface area (Å²) in [7, 11) is 3.79. The zero-order valence-electron chi connectivity index (χ0n) is 15.8. The molecule has 0 saturated carbocycles. The van der Waals surface area contributed by atoms with E-state index in [1.54, 1.807) is 7.11 Å². The number of aryl methyl sites for hydroxylation is 1. The third kappa shape index (κ3) is 4.62. The van der Waals surface area contributed by atoms with Gasteiger partial charge in [0.1, 0.15) is 5.75 Å². The molecule has 5 heteroatoms. The normalized spacial score (nSPS) is 15.7. The van der Waals surface area contributed by atoms with Gasteiger partial charge in [-0.3, -0.25) is 9.69 Å². The van der Waals surface area contributed by atoms with Crippen LogP contribution >= 0.6 is 0 Å². The van der Waals surface area contributed by atoms with Crippen LogP contribution in [-0.4, -0.2) is 56.0 Å². The minimum absolute atomic E-state index is 0.109. The van der Waals surface area contributed by atoms with E-state index in [-0.39, 0.29) is 5.91 Å². The SMILES string of the molecule is COc1cc(NC(=O)c2ccc(CN3CCN(C)CC3)cc2)ccc1C. The first-order valence-corrected chi connectivity index (χ1v) is 9.01. The van der Waals surface area contributed by atoms with Crippen molar-refractivity contribution in [2.75, 3.05) is 45.7 Å². The second kappa shape index (κ2) is 8.34. The number of hydrogen-bond donors (Lipinski definition) is 1. The van der Waals surface area contributed by atoms with Gasteiger partial charge in [-0.15, -0.1) is 0 Å². The molecular formula is C21H27N3O2. The van der Waals surface area contributed by atoms with Crippen LogP contribution < -0.4 is 10.1 Å². The number of nitrogens with zero attached hydrogens (tertiary/aromatic N) is 2. The van der Waals surface area contributed by atoms with E-state index >= 15 is 0 Å². The molecule has 5 nitrogen and oxygen atoms in total. The Morgan fingerprint density at radius 1 is 1.08 bits per heavy atom. The van der Waals surface area contributed by atoms with E-state index in [1.807, 2.05) is 49.4 Å². The van der Waals surface area contributed by atoms with Crippen LogP contribution in [0.25, 0.3) is 0 Å². The van der Waals surface area contributed by atoms with Gasteiger partial charge in [0, 0.05) is 50.0 Å². The average Bonchev–Trinajstić information content (AvgIpc) is 2.65. The third-order valence-corrected chi connectivity index (χ3v) is 4.88. The van der Waals surface area contributed by atoms with E-state index in [0.717, 1.165) is 49.7 Å². The number of amides is 1. The van der Waals surface area contributed by atoms with Crippen LogP contribution in [0.3, 0.4) is 0 Å². The monoisotopic (exact) mass is 353 g/mol. The van der Waals surface area contributed by atoms with Crippen molar-refractivity contribution in [3.63, 3.8) is 0 Å². The molecule has 1 saturated heterocycles. The number of piperazine rings is 1. The standard InChI is InChI=1S/C21H27N3O2/c1-16-4-9-19(14-20(16)26-3)22-21(25)18-7-5-17(6-8-18)15-24-12-10-23(2)11-13-24/h4-9,14H,10-13,15H2,1-3H3,(H,22,25). The lowest BCUT2D eigenvalue weighted by Gasteiger charge is -2.32. The smallest absolute Gasteiger partial charge is 0.255 e. The molecule has 1 N–H and O–H groups in total. The number of methoxy groups -OCH3 is 1. The maximum Gasteiger partial charge on any atom is 0.255 e. The van der Waals surface area contributed by atoms with Gasteiger partial charge in [0.15, 0.2) is 0 Å². The number of rotatable bonds is 5. The molecule has 1 heterocycles. The minimum atomic E-state index is -0.109. The highest BCUT2D eigenvalue weighted by Gasteiger charge is 2.14. The molecule has 1 aliphatic rings. The lowest BCUT2D eigenvalue weighted by atomic mass is 10.1. The molecule has 0 bridgehead atoms. The van der Waals surface area contributed by atoms with Crippen LogP contribution in [-0.2, 0) is 6.54 Å². The predicted octanol–water partition coefficient (Wildman–Crippen LogP) is 3.00. The molecule has 26 heavy (non-hydrogen) atoms. The molecule has 0 spiro atoms. The highest BCUT2D eigenvalue weighted by atomic mass is 16.5. The van der Waals surface area contributed by atoms with E-state index < -0.39 is 0 Å². The topological polar surface area (TPSA) is 44.8 Å². The van der Waals surface area contributed by atoms with Crippen LogP contribution in [0.4, 0.5) is 5.69 Å². The number of anilines is 1. The second-order valence-electron chi connectivity index (χ2n) is 6.91. The molecule has 1 aliphatic heterocycles. The predicted molar refractivity (Wildman–Crippen MR) is 105 cm³/mol. The zero-order valence-corrected chi connectivity index (χ0v) is 15.8. The third-order valence-electron chi connectivity index (χ3n) is 4.88.